The number of nitrogens with one attached hydrogen (secondary N) is 1. The summed E-state index contributed by atoms with van der Waals surface area (Å²) in [5.74, 6) is -0.472. The Morgan fingerprint density at radius 2 is 1.52 bits per heavy atom. The molecule has 2 aliphatic rings. The van der Waals surface area contributed by atoms with Gasteiger partial charge in [0.2, 0.25) is 11.8 Å². The normalized spacial score (nSPS) is 24.2. The van der Waals surface area contributed by atoms with Crippen LogP contribution < -0.4 is 5.32 Å². The number of amides is 2. The van der Waals surface area contributed by atoms with Gasteiger partial charge in [0, 0.05) is 37.4 Å². The summed E-state index contributed by atoms with van der Waals surface area (Å²) in [6, 6.07) is 10.9. The van der Waals surface area contributed by atoms with Crippen LogP contribution in [0, 0.1) is 5.92 Å². The molecule has 0 bridgehead atoms. The van der Waals surface area contributed by atoms with Gasteiger partial charge in [0.1, 0.15) is 0 Å². The Hall–Kier alpha value is -3.08. The highest BCUT2D eigenvalue weighted by Crippen LogP contribution is 2.40. The monoisotopic (exact) mass is 598 g/mol. The van der Waals surface area contributed by atoms with E-state index >= 15 is 0 Å². The van der Waals surface area contributed by atoms with Crippen LogP contribution in [-0.4, -0.2) is 41.9 Å². The van der Waals surface area contributed by atoms with E-state index in [1.807, 2.05) is 30.3 Å². The van der Waals surface area contributed by atoms with Crippen molar-refractivity contribution in [2.45, 2.75) is 88.9 Å². The molecule has 0 spiro atoms. The molecule has 1 aliphatic carbocycles. The first-order valence-corrected chi connectivity index (χ1v) is 14.3. The maximum atomic E-state index is 13.5. The van der Waals surface area contributed by atoms with Gasteiger partial charge in [0.25, 0.3) is 0 Å². The third-order valence-corrected chi connectivity index (χ3v) is 8.31. The number of piperidine rings is 1. The smallest absolute Gasteiger partial charge is 0.370 e. The molecule has 3 atom stereocenters. The van der Waals surface area contributed by atoms with Gasteiger partial charge in [-0.2, -0.15) is 26.3 Å². The predicted octanol–water partition coefficient (Wildman–Crippen LogP) is 7.27. The molecule has 42 heavy (non-hydrogen) atoms. The highest BCUT2D eigenvalue weighted by molar-refractivity contribution is 5.79. The van der Waals surface area contributed by atoms with E-state index in [1.54, 1.807) is 11.8 Å². The molecule has 0 radical (unpaired) electrons. The Bertz CT molecular complexity index is 1190. The maximum absolute atomic E-state index is 13.5. The molecule has 1 saturated heterocycles. The topological polar surface area (TPSA) is 58.6 Å². The quantitative estimate of drug-likeness (QED) is 0.341. The summed E-state index contributed by atoms with van der Waals surface area (Å²) in [5.41, 5.74) is -2.11. The Morgan fingerprint density at radius 1 is 0.929 bits per heavy atom. The number of rotatable bonds is 7. The molecule has 4 rings (SSSR count). The summed E-state index contributed by atoms with van der Waals surface area (Å²) < 4.78 is 86.9. The average molecular weight is 599 g/mol. The summed E-state index contributed by atoms with van der Waals surface area (Å²) in [4.78, 5) is 27.0. The summed E-state index contributed by atoms with van der Waals surface area (Å²) in [5, 5.41) is 2.99. The van der Waals surface area contributed by atoms with Crippen LogP contribution in [0.25, 0.3) is 0 Å². The minimum absolute atomic E-state index is 0.00783. The van der Waals surface area contributed by atoms with Crippen molar-refractivity contribution in [3.63, 3.8) is 0 Å². The number of halogens is 6. The van der Waals surface area contributed by atoms with Crippen LogP contribution in [0.15, 0.2) is 48.5 Å². The van der Waals surface area contributed by atoms with Crippen molar-refractivity contribution in [3.8, 4) is 0 Å². The molecule has 1 aliphatic heterocycles. The van der Waals surface area contributed by atoms with Crippen LogP contribution in [0.2, 0.25) is 0 Å². The number of benzene rings is 2. The lowest BCUT2D eigenvalue weighted by molar-refractivity contribution is -0.143. The fourth-order valence-electron chi connectivity index (χ4n) is 5.94. The van der Waals surface area contributed by atoms with Crippen LogP contribution in [0.5, 0.6) is 0 Å². The van der Waals surface area contributed by atoms with Crippen molar-refractivity contribution in [1.82, 2.24) is 10.2 Å². The average Bonchev–Trinajstić information content (AvgIpc) is 2.96. The molecular weight excluding hydrogens is 562 g/mol. The summed E-state index contributed by atoms with van der Waals surface area (Å²) >= 11 is 0. The van der Waals surface area contributed by atoms with Crippen LogP contribution >= 0.6 is 0 Å². The Balaban J connectivity index is 1.50. The van der Waals surface area contributed by atoms with Gasteiger partial charge >= 0.3 is 12.4 Å². The molecule has 5 nitrogen and oxygen atoms in total. The van der Waals surface area contributed by atoms with Gasteiger partial charge in [0.05, 0.1) is 23.3 Å². The number of hydrogen-bond donors (Lipinski definition) is 1. The van der Waals surface area contributed by atoms with E-state index in [1.165, 1.54) is 6.92 Å². The Kier molecular flexibility index (Phi) is 9.90. The van der Waals surface area contributed by atoms with Gasteiger partial charge in [-0.05, 0) is 68.4 Å². The molecule has 1 saturated carbocycles. The number of carbonyl (C=O) groups is 2. The number of alkyl halides is 6. The number of likely N-dealkylation sites (tertiary alicyclic amines) is 1. The predicted molar refractivity (Wildman–Crippen MR) is 144 cm³/mol. The largest absolute Gasteiger partial charge is 0.416 e. The van der Waals surface area contributed by atoms with Crippen molar-refractivity contribution < 1.29 is 40.7 Å². The molecular formula is C31H36F6N2O3. The zero-order valence-corrected chi connectivity index (χ0v) is 23.6. The maximum Gasteiger partial charge on any atom is 0.416 e. The molecule has 2 aromatic rings. The van der Waals surface area contributed by atoms with E-state index in [0.29, 0.717) is 50.9 Å². The second-order valence-corrected chi connectivity index (χ2v) is 11.2. The van der Waals surface area contributed by atoms with Gasteiger partial charge in [0.15, 0.2) is 0 Å². The van der Waals surface area contributed by atoms with Crippen LogP contribution in [0.1, 0.15) is 86.6 Å². The van der Waals surface area contributed by atoms with Gasteiger partial charge in [-0.15, -0.1) is 0 Å². The lowest BCUT2D eigenvalue weighted by Gasteiger charge is -2.42. The van der Waals surface area contributed by atoms with Gasteiger partial charge in [-0.1, -0.05) is 37.3 Å². The van der Waals surface area contributed by atoms with Crippen LogP contribution in [-0.2, 0) is 26.7 Å². The summed E-state index contributed by atoms with van der Waals surface area (Å²) in [6.45, 7) is 3.93. The van der Waals surface area contributed by atoms with Crippen molar-refractivity contribution >= 4 is 11.8 Å². The molecule has 0 aromatic heterocycles. The number of carbonyl (C=O) groups excluding carboxylic acids is 2. The van der Waals surface area contributed by atoms with Crippen molar-refractivity contribution in [2.75, 3.05) is 13.1 Å². The standard InChI is InChI=1S/C31H36F6N2O3/c1-3-28(40)38-25-11-9-21(10-12-25)29(41)39-14-13-27(26(18-39)20-7-5-4-6-8-20)42-19(2)22-15-23(30(32,33)34)17-24(16-22)31(35,36)37/h4-8,15-17,19,21,25-27H,3,9-14,18H2,1-2H3,(H,38,40)/t19?,21?,25?,26-,27-/m0/s1. The SMILES string of the molecule is CCC(=O)NC1CCC(C(=O)N2CC[C@H](OC(C)c3cc(C(F)(F)F)cc(C(F)(F)F)c3)[C@H](c3ccccc3)C2)CC1. The first kappa shape index (κ1) is 31.8. The lowest BCUT2D eigenvalue weighted by atomic mass is 9.83. The molecule has 2 amide bonds. The second-order valence-electron chi connectivity index (χ2n) is 11.2. The summed E-state index contributed by atoms with van der Waals surface area (Å²) in [7, 11) is 0. The highest BCUT2D eigenvalue weighted by Gasteiger charge is 2.40. The van der Waals surface area contributed by atoms with Crippen molar-refractivity contribution in [3.05, 3.63) is 70.8 Å². The first-order valence-electron chi connectivity index (χ1n) is 14.3. The minimum atomic E-state index is -4.95. The Labute approximate surface area is 241 Å². The Morgan fingerprint density at radius 3 is 2.07 bits per heavy atom. The van der Waals surface area contributed by atoms with Gasteiger partial charge < -0.3 is 15.0 Å². The minimum Gasteiger partial charge on any atom is -0.370 e. The van der Waals surface area contributed by atoms with Crippen molar-refractivity contribution in [2.24, 2.45) is 5.92 Å². The van der Waals surface area contributed by atoms with Crippen LogP contribution in [0.4, 0.5) is 26.3 Å². The molecule has 1 N–H and O–H groups in total. The molecule has 1 unspecified atom stereocenters. The lowest BCUT2D eigenvalue weighted by Crippen LogP contribution is -2.49. The second kappa shape index (κ2) is 13.1. The molecule has 2 aromatic carbocycles. The fourth-order valence-corrected chi connectivity index (χ4v) is 5.94. The van der Waals surface area contributed by atoms with Crippen molar-refractivity contribution in [1.29, 1.82) is 0 Å². The third-order valence-electron chi connectivity index (χ3n) is 8.31. The fraction of sp³-hybridized carbons (Fsp3) is 0.548. The molecule has 1 heterocycles. The summed E-state index contributed by atoms with van der Waals surface area (Å²) in [6.07, 6.45) is -7.94. The number of ether oxygens (including phenoxy) is 1. The van der Waals surface area contributed by atoms with Gasteiger partial charge in [-0.3, -0.25) is 9.59 Å². The van der Waals surface area contributed by atoms with E-state index in [-0.39, 0.29) is 41.3 Å². The molecule has 2 fully saturated rings. The van der Waals surface area contributed by atoms with E-state index < -0.39 is 35.7 Å². The van der Waals surface area contributed by atoms with E-state index in [0.717, 1.165) is 18.4 Å². The number of hydrogen-bond acceptors (Lipinski definition) is 3. The molecule has 230 valence electrons. The van der Waals surface area contributed by atoms with Gasteiger partial charge in [-0.25, -0.2) is 0 Å². The van der Waals surface area contributed by atoms with E-state index in [2.05, 4.69) is 5.32 Å². The zero-order chi connectivity index (χ0) is 30.7. The number of nitrogens with zero attached hydrogens (tertiary/aromatic N) is 1. The highest BCUT2D eigenvalue weighted by atomic mass is 19.4. The third kappa shape index (κ3) is 7.85. The van der Waals surface area contributed by atoms with E-state index in [4.69, 9.17) is 4.74 Å². The van der Waals surface area contributed by atoms with Crippen LogP contribution in [0.3, 0.4) is 0 Å². The molecule has 11 heteroatoms. The first-order chi connectivity index (χ1) is 19.8. The zero-order valence-electron chi connectivity index (χ0n) is 23.6. The van der Waals surface area contributed by atoms with E-state index in [9.17, 15) is 35.9 Å².